The molecule has 0 fully saturated rings. The van der Waals surface area contributed by atoms with Crippen molar-refractivity contribution in [1.82, 2.24) is 0 Å². The lowest BCUT2D eigenvalue weighted by Crippen LogP contribution is -2.04. The molecule has 0 radical (unpaired) electrons. The van der Waals surface area contributed by atoms with Gasteiger partial charge < -0.3 is 4.74 Å². The first-order valence-electron chi connectivity index (χ1n) is 6.89. The summed E-state index contributed by atoms with van der Waals surface area (Å²) >= 11 is 0. The highest BCUT2D eigenvalue weighted by molar-refractivity contribution is 5.95. The van der Waals surface area contributed by atoms with Crippen LogP contribution in [-0.2, 0) is 4.74 Å². The van der Waals surface area contributed by atoms with Crippen molar-refractivity contribution in [3.8, 4) is 0 Å². The predicted molar refractivity (Wildman–Crippen MR) is 84.4 cm³/mol. The van der Waals surface area contributed by atoms with Gasteiger partial charge in [0.15, 0.2) is 0 Å². The monoisotopic (exact) mass is 264 g/mol. The summed E-state index contributed by atoms with van der Waals surface area (Å²) in [5, 5.41) is 0. The second-order valence-electron chi connectivity index (χ2n) is 3.66. The maximum absolute atomic E-state index is 11.5. The number of hydrogen-bond donors (Lipinski definition) is 0. The molecule has 0 bridgehead atoms. The highest BCUT2D eigenvalue weighted by atomic mass is 16.5. The van der Waals surface area contributed by atoms with Crippen molar-refractivity contribution in [3.63, 3.8) is 0 Å². The molecular formula is C17H28O2. The van der Waals surface area contributed by atoms with Gasteiger partial charge in [-0.05, 0) is 38.0 Å². The minimum atomic E-state index is -0.286. The maximum atomic E-state index is 11.5. The lowest BCUT2D eigenvalue weighted by Gasteiger charge is -2.09. The molecule has 1 aromatic rings. The fourth-order valence-electron chi connectivity index (χ4n) is 1.37. The van der Waals surface area contributed by atoms with Gasteiger partial charge in [0.2, 0.25) is 0 Å². The van der Waals surface area contributed by atoms with Crippen LogP contribution in [0.3, 0.4) is 0 Å². The molecular weight excluding hydrogens is 236 g/mol. The molecule has 0 aromatic heterocycles. The molecule has 0 aliphatic heterocycles. The third-order valence-electron chi connectivity index (χ3n) is 2.49. The van der Waals surface area contributed by atoms with Crippen LogP contribution in [0.15, 0.2) is 29.8 Å². The lowest BCUT2D eigenvalue weighted by atomic mass is 9.98. The van der Waals surface area contributed by atoms with Crippen LogP contribution < -0.4 is 0 Å². The Balaban J connectivity index is 0. The Morgan fingerprint density at radius 2 is 1.32 bits per heavy atom. The lowest BCUT2D eigenvalue weighted by molar-refractivity contribution is 0.0600. The Labute approximate surface area is 118 Å². The first-order valence-corrected chi connectivity index (χ1v) is 6.89. The SMILES string of the molecule is CC.CC.COC(=O)c1ccccc1C(C)=C(C)C. The fourth-order valence-corrected chi connectivity index (χ4v) is 1.37. The molecule has 108 valence electrons. The molecule has 2 heteroatoms. The second-order valence-corrected chi connectivity index (χ2v) is 3.66. The van der Waals surface area contributed by atoms with Crippen LogP contribution in [0.5, 0.6) is 0 Å². The van der Waals surface area contributed by atoms with Crippen LogP contribution in [0, 0.1) is 0 Å². The Kier molecular flexibility index (Phi) is 12.0. The molecule has 0 spiro atoms. The standard InChI is InChI=1S/C13H16O2.2C2H6/c1-9(2)10(3)11-7-5-6-8-12(11)13(14)15-4;2*1-2/h5-8H,1-4H3;2*1-2H3. The van der Waals surface area contributed by atoms with Crippen LogP contribution in [-0.4, -0.2) is 13.1 Å². The van der Waals surface area contributed by atoms with Crippen molar-refractivity contribution in [2.24, 2.45) is 0 Å². The zero-order valence-electron chi connectivity index (χ0n) is 13.6. The van der Waals surface area contributed by atoms with E-state index in [0.717, 1.165) is 11.1 Å². The zero-order valence-corrected chi connectivity index (χ0v) is 13.6. The van der Waals surface area contributed by atoms with Gasteiger partial charge in [0.05, 0.1) is 12.7 Å². The minimum Gasteiger partial charge on any atom is -0.465 e. The quantitative estimate of drug-likeness (QED) is 0.674. The molecule has 0 aliphatic rings. The topological polar surface area (TPSA) is 26.3 Å². The number of hydrogen-bond acceptors (Lipinski definition) is 2. The number of allylic oxidation sites excluding steroid dienone is 2. The number of carbonyl (C=O) groups is 1. The van der Waals surface area contributed by atoms with Crippen molar-refractivity contribution in [2.75, 3.05) is 7.11 Å². The van der Waals surface area contributed by atoms with Crippen LogP contribution in [0.4, 0.5) is 0 Å². The Bertz CT molecular complexity index is 399. The minimum absolute atomic E-state index is 0.286. The van der Waals surface area contributed by atoms with Crippen molar-refractivity contribution in [1.29, 1.82) is 0 Å². The molecule has 0 saturated carbocycles. The zero-order chi connectivity index (χ0) is 15.4. The van der Waals surface area contributed by atoms with Gasteiger partial charge in [-0.1, -0.05) is 51.5 Å². The van der Waals surface area contributed by atoms with Gasteiger partial charge in [-0.15, -0.1) is 0 Å². The number of rotatable bonds is 2. The van der Waals surface area contributed by atoms with E-state index in [1.54, 1.807) is 6.07 Å². The molecule has 0 amide bonds. The third kappa shape index (κ3) is 6.23. The van der Waals surface area contributed by atoms with E-state index in [-0.39, 0.29) is 5.97 Å². The Hall–Kier alpha value is -1.57. The van der Waals surface area contributed by atoms with Crippen LogP contribution >= 0.6 is 0 Å². The molecule has 1 rings (SSSR count). The van der Waals surface area contributed by atoms with Crippen molar-refractivity contribution < 1.29 is 9.53 Å². The van der Waals surface area contributed by atoms with E-state index in [9.17, 15) is 4.79 Å². The summed E-state index contributed by atoms with van der Waals surface area (Å²) in [5.74, 6) is -0.286. The normalized spacial score (nSPS) is 8.21. The summed E-state index contributed by atoms with van der Waals surface area (Å²) in [6.45, 7) is 14.1. The van der Waals surface area contributed by atoms with Crippen LogP contribution in [0.2, 0.25) is 0 Å². The first-order chi connectivity index (χ1) is 9.07. The average molecular weight is 264 g/mol. The van der Waals surface area contributed by atoms with Gasteiger partial charge in [-0.3, -0.25) is 0 Å². The van der Waals surface area contributed by atoms with E-state index in [1.807, 2.05) is 66.7 Å². The van der Waals surface area contributed by atoms with Gasteiger partial charge in [-0.2, -0.15) is 0 Å². The van der Waals surface area contributed by atoms with E-state index < -0.39 is 0 Å². The average Bonchev–Trinajstić information content (AvgIpc) is 2.49. The van der Waals surface area contributed by atoms with Gasteiger partial charge >= 0.3 is 5.97 Å². The van der Waals surface area contributed by atoms with E-state index >= 15 is 0 Å². The first kappa shape index (κ1) is 19.8. The van der Waals surface area contributed by atoms with Gasteiger partial charge in [0.1, 0.15) is 0 Å². The van der Waals surface area contributed by atoms with Crippen LogP contribution in [0.25, 0.3) is 5.57 Å². The second kappa shape index (κ2) is 11.5. The van der Waals surface area contributed by atoms with E-state index in [1.165, 1.54) is 12.7 Å². The van der Waals surface area contributed by atoms with Gasteiger partial charge in [0, 0.05) is 0 Å². The summed E-state index contributed by atoms with van der Waals surface area (Å²) < 4.78 is 4.75. The fraction of sp³-hybridized carbons (Fsp3) is 0.471. The Morgan fingerprint density at radius 1 is 0.895 bits per heavy atom. The molecule has 19 heavy (non-hydrogen) atoms. The summed E-state index contributed by atoms with van der Waals surface area (Å²) in [6, 6.07) is 7.49. The van der Waals surface area contributed by atoms with Crippen LogP contribution in [0.1, 0.15) is 64.4 Å². The molecule has 1 aromatic carbocycles. The number of esters is 1. The molecule has 0 aliphatic carbocycles. The summed E-state index contributed by atoms with van der Waals surface area (Å²) in [5.41, 5.74) is 3.89. The summed E-state index contributed by atoms with van der Waals surface area (Å²) in [7, 11) is 1.40. The molecule has 0 heterocycles. The predicted octanol–water partition coefficient (Wildman–Crippen LogP) is 5.34. The number of ether oxygens (including phenoxy) is 1. The van der Waals surface area contributed by atoms with Crippen molar-refractivity contribution >= 4 is 11.5 Å². The number of methoxy groups -OCH3 is 1. The van der Waals surface area contributed by atoms with E-state index in [2.05, 4.69) is 0 Å². The van der Waals surface area contributed by atoms with Crippen molar-refractivity contribution in [2.45, 2.75) is 48.5 Å². The number of carbonyl (C=O) groups excluding carboxylic acids is 1. The Morgan fingerprint density at radius 3 is 1.68 bits per heavy atom. The molecule has 0 N–H and O–H groups in total. The molecule has 0 saturated heterocycles. The summed E-state index contributed by atoms with van der Waals surface area (Å²) in [6.07, 6.45) is 0. The highest BCUT2D eigenvalue weighted by Gasteiger charge is 2.12. The van der Waals surface area contributed by atoms with Gasteiger partial charge in [-0.25, -0.2) is 4.79 Å². The van der Waals surface area contributed by atoms with Crippen molar-refractivity contribution in [3.05, 3.63) is 41.0 Å². The molecule has 2 nitrogen and oxygen atoms in total. The maximum Gasteiger partial charge on any atom is 0.338 e. The van der Waals surface area contributed by atoms with E-state index in [4.69, 9.17) is 4.74 Å². The highest BCUT2D eigenvalue weighted by Crippen LogP contribution is 2.22. The van der Waals surface area contributed by atoms with Gasteiger partial charge in [0.25, 0.3) is 0 Å². The smallest absolute Gasteiger partial charge is 0.338 e. The largest absolute Gasteiger partial charge is 0.465 e. The number of benzene rings is 1. The summed E-state index contributed by atoms with van der Waals surface area (Å²) in [4.78, 5) is 11.5. The van der Waals surface area contributed by atoms with E-state index in [0.29, 0.717) is 5.56 Å². The molecule has 0 unspecified atom stereocenters. The molecule has 0 atom stereocenters. The third-order valence-corrected chi connectivity index (χ3v) is 2.49.